The number of esters is 2. The summed E-state index contributed by atoms with van der Waals surface area (Å²) in [6, 6.07) is 19.1. The highest BCUT2D eigenvalue weighted by molar-refractivity contribution is 5.84. The summed E-state index contributed by atoms with van der Waals surface area (Å²) in [4.78, 5) is 25.1. The summed E-state index contributed by atoms with van der Waals surface area (Å²) in [5.41, 5.74) is 1.91. The Kier molecular flexibility index (Phi) is 11.3. The maximum atomic E-state index is 12.6. The molecule has 0 saturated heterocycles. The number of hydrogen-bond acceptors (Lipinski definition) is 7. The Balaban J connectivity index is 2.00. The largest absolute Gasteiger partial charge is 0.466 e. The number of hydrogen-bond donors (Lipinski definition) is 0. The molecule has 2 aromatic carbocycles. The van der Waals surface area contributed by atoms with Gasteiger partial charge in [-0.3, -0.25) is 4.79 Å². The van der Waals surface area contributed by atoms with Crippen LogP contribution in [0.15, 0.2) is 60.7 Å². The molecule has 0 amide bonds. The van der Waals surface area contributed by atoms with Gasteiger partial charge in [-0.05, 0) is 25.0 Å². The maximum Gasteiger partial charge on any atom is 0.336 e. The van der Waals surface area contributed by atoms with E-state index >= 15 is 0 Å². The fourth-order valence-corrected chi connectivity index (χ4v) is 2.83. The van der Waals surface area contributed by atoms with Gasteiger partial charge in [-0.1, -0.05) is 60.7 Å². The summed E-state index contributed by atoms with van der Waals surface area (Å²) in [6.07, 6.45) is -1.20. The second-order valence-corrected chi connectivity index (χ2v) is 6.65. The van der Waals surface area contributed by atoms with Crippen LogP contribution in [0.25, 0.3) is 0 Å². The van der Waals surface area contributed by atoms with Crippen molar-refractivity contribution in [2.45, 2.75) is 33.2 Å². The molecular formula is C24H30O7. The van der Waals surface area contributed by atoms with Crippen LogP contribution in [0.3, 0.4) is 0 Å². The van der Waals surface area contributed by atoms with E-state index in [0.29, 0.717) is 6.61 Å². The van der Waals surface area contributed by atoms with Crippen LogP contribution in [0, 0.1) is 5.92 Å². The van der Waals surface area contributed by atoms with Crippen LogP contribution in [0.1, 0.15) is 25.0 Å². The fourth-order valence-electron chi connectivity index (χ4n) is 2.83. The van der Waals surface area contributed by atoms with Crippen molar-refractivity contribution >= 4 is 11.9 Å². The summed E-state index contributed by atoms with van der Waals surface area (Å²) in [5.74, 6) is -2.23. The molecule has 2 rings (SSSR count). The molecule has 2 atom stereocenters. The summed E-state index contributed by atoms with van der Waals surface area (Å²) in [6.45, 7) is 4.07. The van der Waals surface area contributed by atoms with E-state index in [-0.39, 0.29) is 33.2 Å². The Morgan fingerprint density at radius 2 is 1.26 bits per heavy atom. The summed E-state index contributed by atoms with van der Waals surface area (Å²) >= 11 is 0. The Morgan fingerprint density at radius 3 is 1.81 bits per heavy atom. The normalized spacial score (nSPS) is 12.7. The van der Waals surface area contributed by atoms with Crippen LogP contribution in [0.4, 0.5) is 0 Å². The van der Waals surface area contributed by atoms with E-state index in [0.717, 1.165) is 11.1 Å². The first-order valence-electron chi connectivity index (χ1n) is 10.3. The molecule has 0 heterocycles. The minimum Gasteiger partial charge on any atom is -0.466 e. The van der Waals surface area contributed by atoms with Crippen LogP contribution >= 0.6 is 0 Å². The van der Waals surface area contributed by atoms with Gasteiger partial charge in [-0.25, -0.2) is 4.79 Å². The lowest BCUT2D eigenvalue weighted by Gasteiger charge is -2.24. The third-order valence-corrected chi connectivity index (χ3v) is 4.33. The summed E-state index contributed by atoms with van der Waals surface area (Å²) < 4.78 is 27.1. The third-order valence-electron chi connectivity index (χ3n) is 4.33. The van der Waals surface area contributed by atoms with E-state index in [2.05, 4.69) is 0 Å². The van der Waals surface area contributed by atoms with Crippen molar-refractivity contribution in [2.24, 2.45) is 5.92 Å². The molecule has 0 unspecified atom stereocenters. The second-order valence-electron chi connectivity index (χ2n) is 6.65. The molecule has 0 spiro atoms. The van der Waals surface area contributed by atoms with Crippen molar-refractivity contribution < 1.29 is 33.3 Å². The van der Waals surface area contributed by atoms with Gasteiger partial charge in [0.25, 0.3) is 0 Å². The zero-order valence-electron chi connectivity index (χ0n) is 18.0. The Labute approximate surface area is 183 Å². The molecule has 7 heteroatoms. The predicted octanol–water partition coefficient (Wildman–Crippen LogP) is 3.51. The van der Waals surface area contributed by atoms with Gasteiger partial charge in [0.05, 0.1) is 33.0 Å². The van der Waals surface area contributed by atoms with E-state index in [1.807, 2.05) is 60.7 Å². The molecular weight excluding hydrogens is 400 g/mol. The first kappa shape index (κ1) is 24.5. The molecule has 0 fully saturated rings. The standard InChI is InChI=1S/C24H30O7/c1-3-29-23(25)21(17-27-15-19-11-7-5-8-12-19)22(24(26)30-4-2)31-18-28-16-20-13-9-6-10-14-20/h5-14,21-22H,3-4,15-18H2,1-2H3/t21-,22+/m1/s1. The predicted molar refractivity (Wildman–Crippen MR) is 114 cm³/mol. The summed E-state index contributed by atoms with van der Waals surface area (Å²) in [7, 11) is 0. The van der Waals surface area contributed by atoms with E-state index in [1.165, 1.54) is 0 Å². The minimum absolute atomic E-state index is 0.0596. The van der Waals surface area contributed by atoms with Gasteiger partial charge in [-0.2, -0.15) is 0 Å². The molecule has 7 nitrogen and oxygen atoms in total. The number of ether oxygens (including phenoxy) is 5. The highest BCUT2D eigenvalue weighted by Crippen LogP contribution is 2.16. The Bertz CT molecular complexity index is 764. The lowest BCUT2D eigenvalue weighted by Crippen LogP contribution is -2.42. The zero-order chi connectivity index (χ0) is 22.3. The Morgan fingerprint density at radius 1 is 0.742 bits per heavy atom. The van der Waals surface area contributed by atoms with Crippen molar-refractivity contribution in [1.29, 1.82) is 0 Å². The molecule has 0 aliphatic carbocycles. The lowest BCUT2D eigenvalue weighted by atomic mass is 10.0. The zero-order valence-corrected chi connectivity index (χ0v) is 18.0. The molecule has 168 valence electrons. The number of carbonyl (C=O) groups is 2. The lowest BCUT2D eigenvalue weighted by molar-refractivity contribution is -0.185. The Hall–Kier alpha value is -2.74. The van der Waals surface area contributed by atoms with Crippen LogP contribution in [-0.4, -0.2) is 44.7 Å². The van der Waals surface area contributed by atoms with Gasteiger partial charge in [0.2, 0.25) is 0 Å². The second kappa shape index (κ2) is 14.3. The van der Waals surface area contributed by atoms with Gasteiger partial charge in [0.1, 0.15) is 12.7 Å². The highest BCUT2D eigenvalue weighted by Gasteiger charge is 2.37. The van der Waals surface area contributed by atoms with E-state index in [1.54, 1.807) is 13.8 Å². The van der Waals surface area contributed by atoms with Crippen molar-refractivity contribution in [2.75, 3.05) is 26.6 Å². The van der Waals surface area contributed by atoms with Crippen molar-refractivity contribution in [3.8, 4) is 0 Å². The van der Waals surface area contributed by atoms with E-state index in [9.17, 15) is 9.59 Å². The van der Waals surface area contributed by atoms with Crippen molar-refractivity contribution in [3.05, 3.63) is 71.8 Å². The maximum absolute atomic E-state index is 12.6. The topological polar surface area (TPSA) is 80.3 Å². The molecule has 0 bridgehead atoms. The monoisotopic (exact) mass is 430 g/mol. The highest BCUT2D eigenvalue weighted by atomic mass is 16.7. The van der Waals surface area contributed by atoms with Crippen molar-refractivity contribution in [1.82, 2.24) is 0 Å². The van der Waals surface area contributed by atoms with Crippen molar-refractivity contribution in [3.63, 3.8) is 0 Å². The van der Waals surface area contributed by atoms with Crippen LogP contribution in [0.2, 0.25) is 0 Å². The SMILES string of the molecule is CCOC(=O)[C@@H](OCOCc1ccccc1)[C@@H](COCc1ccccc1)C(=O)OCC. The third kappa shape index (κ3) is 8.88. The molecule has 0 aromatic heterocycles. The molecule has 0 saturated carbocycles. The molecule has 0 radical (unpaired) electrons. The first-order chi connectivity index (χ1) is 15.2. The van der Waals surface area contributed by atoms with Crippen LogP contribution in [0.5, 0.6) is 0 Å². The first-order valence-corrected chi connectivity index (χ1v) is 10.3. The fraction of sp³-hybridized carbons (Fsp3) is 0.417. The van der Waals surface area contributed by atoms with Gasteiger partial charge >= 0.3 is 11.9 Å². The number of benzene rings is 2. The van der Waals surface area contributed by atoms with Gasteiger partial charge < -0.3 is 23.7 Å². The van der Waals surface area contributed by atoms with Gasteiger partial charge in [-0.15, -0.1) is 0 Å². The van der Waals surface area contributed by atoms with E-state index in [4.69, 9.17) is 23.7 Å². The quantitative estimate of drug-likeness (QED) is 0.258. The minimum atomic E-state index is -1.20. The number of carbonyl (C=O) groups excluding carboxylic acids is 2. The molecule has 0 aliphatic rings. The smallest absolute Gasteiger partial charge is 0.336 e. The molecule has 0 N–H and O–H groups in total. The van der Waals surface area contributed by atoms with Gasteiger partial charge in [0, 0.05) is 0 Å². The van der Waals surface area contributed by atoms with E-state index < -0.39 is 24.0 Å². The average molecular weight is 430 g/mol. The average Bonchev–Trinajstić information content (AvgIpc) is 2.79. The molecule has 0 aliphatic heterocycles. The van der Waals surface area contributed by atoms with Crippen LogP contribution in [-0.2, 0) is 46.5 Å². The summed E-state index contributed by atoms with van der Waals surface area (Å²) in [5, 5.41) is 0. The van der Waals surface area contributed by atoms with Gasteiger partial charge in [0.15, 0.2) is 6.10 Å². The molecule has 31 heavy (non-hydrogen) atoms. The van der Waals surface area contributed by atoms with Crippen LogP contribution < -0.4 is 0 Å². The number of rotatable bonds is 14. The molecule has 2 aromatic rings.